The summed E-state index contributed by atoms with van der Waals surface area (Å²) < 4.78 is 0. The van der Waals surface area contributed by atoms with Crippen molar-refractivity contribution in [2.75, 3.05) is 29.6 Å². The molecular weight excluding hydrogens is 224 g/mol. The molecule has 0 radical (unpaired) electrons. The lowest BCUT2D eigenvalue weighted by atomic mass is 10.1. The first-order valence-corrected chi connectivity index (χ1v) is 6.32. The Labute approximate surface area is 99.2 Å². The van der Waals surface area contributed by atoms with E-state index in [1.165, 1.54) is 0 Å². The fourth-order valence-electron chi connectivity index (χ4n) is 1.37. The predicted molar refractivity (Wildman–Crippen MR) is 69.4 cm³/mol. The van der Waals surface area contributed by atoms with Crippen molar-refractivity contribution >= 4 is 29.1 Å². The molecule has 0 fully saturated rings. The molecule has 88 valence electrons. The number of hydrogen-bond acceptors (Lipinski definition) is 4. The van der Waals surface area contributed by atoms with Gasteiger partial charge in [0, 0.05) is 23.7 Å². The summed E-state index contributed by atoms with van der Waals surface area (Å²) >= 11 is 1.74. The standard InChI is InChI=1S/C11H16N2O2S/c1-7-5-8(13-3-4-16-2)6-9(10(7)12)11(14)15/h5-6,13H,3-4,12H2,1-2H3,(H,14,15). The predicted octanol–water partition coefficient (Wildman–Crippen LogP) is 2.05. The molecule has 0 aromatic heterocycles. The maximum Gasteiger partial charge on any atom is 0.337 e. The summed E-state index contributed by atoms with van der Waals surface area (Å²) in [6.45, 7) is 2.62. The molecule has 0 unspecified atom stereocenters. The van der Waals surface area contributed by atoms with Crippen LogP contribution < -0.4 is 11.1 Å². The summed E-state index contributed by atoms with van der Waals surface area (Å²) in [7, 11) is 0. The van der Waals surface area contributed by atoms with E-state index < -0.39 is 5.97 Å². The van der Waals surface area contributed by atoms with Gasteiger partial charge in [-0.2, -0.15) is 11.8 Å². The zero-order chi connectivity index (χ0) is 12.1. The van der Waals surface area contributed by atoms with E-state index in [-0.39, 0.29) is 5.56 Å². The molecule has 1 aromatic rings. The largest absolute Gasteiger partial charge is 0.478 e. The topological polar surface area (TPSA) is 75.3 Å². The number of aromatic carboxylic acids is 1. The third-order valence-electron chi connectivity index (χ3n) is 2.25. The van der Waals surface area contributed by atoms with E-state index >= 15 is 0 Å². The molecule has 0 heterocycles. The van der Waals surface area contributed by atoms with Gasteiger partial charge in [-0.3, -0.25) is 0 Å². The highest BCUT2D eigenvalue weighted by atomic mass is 32.2. The Morgan fingerprint density at radius 1 is 1.56 bits per heavy atom. The number of benzene rings is 1. The second-order valence-corrected chi connectivity index (χ2v) is 4.46. The van der Waals surface area contributed by atoms with Gasteiger partial charge in [-0.05, 0) is 30.9 Å². The van der Waals surface area contributed by atoms with Crippen LogP contribution in [0.5, 0.6) is 0 Å². The quantitative estimate of drug-likeness (QED) is 0.542. The summed E-state index contributed by atoms with van der Waals surface area (Å²) in [4.78, 5) is 10.9. The summed E-state index contributed by atoms with van der Waals surface area (Å²) in [6, 6.07) is 3.44. The number of nitrogen functional groups attached to an aromatic ring is 1. The van der Waals surface area contributed by atoms with Crippen molar-refractivity contribution in [2.24, 2.45) is 0 Å². The van der Waals surface area contributed by atoms with Gasteiger partial charge in [-0.15, -0.1) is 0 Å². The highest BCUT2D eigenvalue weighted by molar-refractivity contribution is 7.98. The molecule has 1 aromatic carbocycles. The molecular formula is C11H16N2O2S. The Kier molecular flexibility index (Phi) is 4.49. The van der Waals surface area contributed by atoms with Crippen LogP contribution in [0.2, 0.25) is 0 Å². The lowest BCUT2D eigenvalue weighted by Crippen LogP contribution is -2.08. The van der Waals surface area contributed by atoms with E-state index in [4.69, 9.17) is 10.8 Å². The van der Waals surface area contributed by atoms with E-state index in [9.17, 15) is 4.79 Å². The summed E-state index contributed by atoms with van der Waals surface area (Å²) in [5.74, 6) is -0.0136. The van der Waals surface area contributed by atoms with Crippen LogP contribution in [-0.2, 0) is 0 Å². The van der Waals surface area contributed by atoms with Gasteiger partial charge in [-0.25, -0.2) is 4.79 Å². The van der Waals surface area contributed by atoms with E-state index in [1.807, 2.05) is 19.2 Å². The molecule has 0 saturated heterocycles. The van der Waals surface area contributed by atoms with Crippen LogP contribution in [0.25, 0.3) is 0 Å². The first-order valence-electron chi connectivity index (χ1n) is 4.92. The fraction of sp³-hybridized carbons (Fsp3) is 0.364. The second kappa shape index (κ2) is 5.65. The lowest BCUT2D eigenvalue weighted by molar-refractivity contribution is 0.0698. The number of carboxylic acids is 1. The number of nitrogens with two attached hydrogens (primary N) is 1. The van der Waals surface area contributed by atoms with Crippen LogP contribution in [-0.4, -0.2) is 29.6 Å². The monoisotopic (exact) mass is 240 g/mol. The van der Waals surface area contributed by atoms with Gasteiger partial charge in [0.2, 0.25) is 0 Å². The minimum absolute atomic E-state index is 0.159. The maximum atomic E-state index is 10.9. The van der Waals surface area contributed by atoms with Crippen LogP contribution in [0.3, 0.4) is 0 Å². The summed E-state index contributed by atoms with van der Waals surface area (Å²) in [6.07, 6.45) is 2.03. The molecule has 4 nitrogen and oxygen atoms in total. The normalized spacial score (nSPS) is 10.1. The average molecular weight is 240 g/mol. The molecule has 4 N–H and O–H groups in total. The van der Waals surface area contributed by atoms with Gasteiger partial charge >= 0.3 is 5.97 Å². The highest BCUT2D eigenvalue weighted by Gasteiger charge is 2.11. The van der Waals surface area contributed by atoms with Gasteiger partial charge in [0.1, 0.15) is 0 Å². The first kappa shape index (κ1) is 12.7. The Morgan fingerprint density at radius 2 is 2.25 bits per heavy atom. The van der Waals surface area contributed by atoms with Crippen LogP contribution in [0.15, 0.2) is 12.1 Å². The van der Waals surface area contributed by atoms with Gasteiger partial charge in [0.15, 0.2) is 0 Å². The van der Waals surface area contributed by atoms with Crippen molar-refractivity contribution in [1.29, 1.82) is 0 Å². The number of aryl methyl sites for hydroxylation is 1. The van der Waals surface area contributed by atoms with E-state index in [0.29, 0.717) is 5.69 Å². The fourth-order valence-corrected chi connectivity index (χ4v) is 1.68. The SMILES string of the molecule is CSCCNc1cc(C)c(N)c(C(=O)O)c1. The van der Waals surface area contributed by atoms with E-state index in [0.717, 1.165) is 23.5 Å². The molecule has 0 aliphatic heterocycles. The number of carbonyl (C=O) groups is 1. The van der Waals surface area contributed by atoms with Gasteiger partial charge < -0.3 is 16.2 Å². The van der Waals surface area contributed by atoms with Crippen molar-refractivity contribution in [2.45, 2.75) is 6.92 Å². The molecule has 0 amide bonds. The number of nitrogens with one attached hydrogen (secondary N) is 1. The first-order chi connectivity index (χ1) is 7.56. The van der Waals surface area contributed by atoms with Gasteiger partial charge in [-0.1, -0.05) is 0 Å². The highest BCUT2D eigenvalue weighted by Crippen LogP contribution is 2.22. The van der Waals surface area contributed by atoms with E-state index in [1.54, 1.807) is 17.8 Å². The Bertz CT molecular complexity index is 394. The second-order valence-electron chi connectivity index (χ2n) is 3.48. The number of hydrogen-bond donors (Lipinski definition) is 3. The minimum Gasteiger partial charge on any atom is -0.478 e. The third kappa shape index (κ3) is 3.06. The van der Waals surface area contributed by atoms with Crippen molar-refractivity contribution in [3.63, 3.8) is 0 Å². The molecule has 0 aliphatic carbocycles. The number of rotatable bonds is 5. The summed E-state index contributed by atoms with van der Waals surface area (Å²) in [5, 5.41) is 12.1. The van der Waals surface area contributed by atoms with Crippen LogP contribution in [0.4, 0.5) is 11.4 Å². The molecule has 0 bridgehead atoms. The smallest absolute Gasteiger partial charge is 0.337 e. The Morgan fingerprint density at radius 3 is 2.81 bits per heavy atom. The van der Waals surface area contributed by atoms with Crippen molar-refractivity contribution < 1.29 is 9.90 Å². The lowest BCUT2D eigenvalue weighted by Gasteiger charge is -2.10. The zero-order valence-electron chi connectivity index (χ0n) is 9.41. The van der Waals surface area contributed by atoms with Crippen LogP contribution >= 0.6 is 11.8 Å². The van der Waals surface area contributed by atoms with Crippen LogP contribution in [0.1, 0.15) is 15.9 Å². The third-order valence-corrected chi connectivity index (χ3v) is 2.86. The number of anilines is 2. The van der Waals surface area contributed by atoms with Gasteiger partial charge in [0.25, 0.3) is 0 Å². The zero-order valence-corrected chi connectivity index (χ0v) is 10.2. The Balaban J connectivity index is 2.91. The molecule has 5 heteroatoms. The number of carboxylic acid groups (broad SMARTS) is 1. The van der Waals surface area contributed by atoms with E-state index in [2.05, 4.69) is 5.32 Å². The van der Waals surface area contributed by atoms with Crippen LogP contribution in [0, 0.1) is 6.92 Å². The van der Waals surface area contributed by atoms with Gasteiger partial charge in [0.05, 0.1) is 5.56 Å². The molecule has 0 saturated carbocycles. The Hall–Kier alpha value is -1.36. The molecule has 0 aliphatic rings. The molecule has 0 spiro atoms. The number of thioether (sulfide) groups is 1. The van der Waals surface area contributed by atoms with Crippen molar-refractivity contribution in [3.8, 4) is 0 Å². The molecule has 16 heavy (non-hydrogen) atoms. The molecule has 1 rings (SSSR count). The molecule has 0 atom stereocenters. The van der Waals surface area contributed by atoms with Crippen molar-refractivity contribution in [1.82, 2.24) is 0 Å². The summed E-state index contributed by atoms with van der Waals surface area (Å²) in [5.41, 5.74) is 7.78. The average Bonchev–Trinajstić information content (AvgIpc) is 2.23. The van der Waals surface area contributed by atoms with Crippen molar-refractivity contribution in [3.05, 3.63) is 23.3 Å². The maximum absolute atomic E-state index is 10.9. The minimum atomic E-state index is -0.992.